The Labute approximate surface area is 151 Å². The van der Waals surface area contributed by atoms with E-state index in [0.29, 0.717) is 11.6 Å². The molecule has 0 radical (unpaired) electrons. The molecular formula is C20H33N3O2. The topological polar surface area (TPSA) is 49.6 Å². The van der Waals surface area contributed by atoms with Crippen LogP contribution in [0.4, 0.5) is 0 Å². The van der Waals surface area contributed by atoms with Crippen LogP contribution in [0.5, 0.6) is 0 Å². The fourth-order valence-electron chi connectivity index (χ4n) is 4.33. The van der Waals surface area contributed by atoms with Gasteiger partial charge in [-0.1, -0.05) is 25.9 Å². The third-order valence-corrected chi connectivity index (χ3v) is 5.93. The second-order valence-electron chi connectivity index (χ2n) is 9.15. The van der Waals surface area contributed by atoms with E-state index in [2.05, 4.69) is 44.9 Å². The first-order chi connectivity index (χ1) is 11.8. The molecule has 2 heterocycles. The van der Waals surface area contributed by atoms with E-state index in [1.165, 1.54) is 6.42 Å². The van der Waals surface area contributed by atoms with Gasteiger partial charge in [0.05, 0.1) is 0 Å². The minimum Gasteiger partial charge on any atom is -0.360 e. The SMILES string of the molecule is CN(C)C[C@@H]1CCCCN1C(=O)c1noc2c1C[C@H](C(C)(C)C)CC2. The maximum absolute atomic E-state index is 13.3. The average Bonchev–Trinajstić information content (AvgIpc) is 2.96. The normalized spacial score (nSPS) is 24.5. The third-order valence-electron chi connectivity index (χ3n) is 5.93. The number of aromatic nitrogens is 1. The zero-order valence-electron chi connectivity index (χ0n) is 16.5. The largest absolute Gasteiger partial charge is 0.360 e. The summed E-state index contributed by atoms with van der Waals surface area (Å²) < 4.78 is 5.57. The van der Waals surface area contributed by atoms with Crippen LogP contribution in [0.25, 0.3) is 0 Å². The Bertz CT molecular complexity index is 615. The van der Waals surface area contributed by atoms with Crippen molar-refractivity contribution in [1.29, 1.82) is 0 Å². The summed E-state index contributed by atoms with van der Waals surface area (Å²) in [4.78, 5) is 17.5. The molecule has 2 aliphatic rings. The van der Waals surface area contributed by atoms with Gasteiger partial charge in [-0.05, 0) is 57.5 Å². The molecule has 1 aliphatic carbocycles. The van der Waals surface area contributed by atoms with Crippen LogP contribution in [-0.4, -0.2) is 54.1 Å². The third kappa shape index (κ3) is 3.91. The van der Waals surface area contributed by atoms with Gasteiger partial charge < -0.3 is 14.3 Å². The first-order valence-electron chi connectivity index (χ1n) is 9.70. The lowest BCUT2D eigenvalue weighted by molar-refractivity contribution is 0.0563. The number of fused-ring (bicyclic) bond motifs is 1. The summed E-state index contributed by atoms with van der Waals surface area (Å²) in [6, 6.07) is 0.283. The highest BCUT2D eigenvalue weighted by Crippen LogP contribution is 2.38. The zero-order chi connectivity index (χ0) is 18.2. The standard InChI is InChI=1S/C20H33N3O2/c1-20(2,3)14-9-10-17-16(12-14)18(21-25-17)19(24)23-11-7-6-8-15(23)13-22(4)5/h14-15H,6-13H2,1-5H3/t14-,15+/m1/s1. The van der Waals surface area contributed by atoms with Gasteiger partial charge in [-0.3, -0.25) is 4.79 Å². The lowest BCUT2D eigenvalue weighted by atomic mass is 9.71. The quantitative estimate of drug-likeness (QED) is 0.841. The van der Waals surface area contributed by atoms with Crippen molar-refractivity contribution < 1.29 is 9.32 Å². The molecule has 0 spiro atoms. The van der Waals surface area contributed by atoms with Gasteiger partial charge in [0.15, 0.2) is 5.69 Å². The highest BCUT2D eigenvalue weighted by atomic mass is 16.5. The molecule has 1 aliphatic heterocycles. The summed E-state index contributed by atoms with van der Waals surface area (Å²) in [5, 5.41) is 4.22. The lowest BCUT2D eigenvalue weighted by Crippen LogP contribution is -2.48. The number of aryl methyl sites for hydroxylation is 1. The Morgan fingerprint density at radius 2 is 2.04 bits per heavy atom. The van der Waals surface area contributed by atoms with Crippen molar-refractivity contribution in [2.24, 2.45) is 11.3 Å². The number of likely N-dealkylation sites (N-methyl/N-ethyl adjacent to an activating group) is 1. The molecule has 1 fully saturated rings. The predicted molar refractivity (Wildman–Crippen MR) is 98.7 cm³/mol. The minimum absolute atomic E-state index is 0.0751. The van der Waals surface area contributed by atoms with E-state index in [1.54, 1.807) is 0 Å². The number of nitrogens with zero attached hydrogens (tertiary/aromatic N) is 3. The van der Waals surface area contributed by atoms with E-state index in [0.717, 1.165) is 56.5 Å². The maximum atomic E-state index is 13.3. The number of hydrogen-bond donors (Lipinski definition) is 0. The molecule has 5 heteroatoms. The van der Waals surface area contributed by atoms with Gasteiger partial charge in [-0.2, -0.15) is 0 Å². The van der Waals surface area contributed by atoms with Crippen molar-refractivity contribution in [2.45, 2.75) is 65.3 Å². The van der Waals surface area contributed by atoms with Crippen LogP contribution in [0.1, 0.15) is 68.3 Å². The zero-order valence-corrected chi connectivity index (χ0v) is 16.5. The van der Waals surface area contributed by atoms with Crippen molar-refractivity contribution in [3.05, 3.63) is 17.0 Å². The smallest absolute Gasteiger partial charge is 0.276 e. The van der Waals surface area contributed by atoms with E-state index >= 15 is 0 Å². The van der Waals surface area contributed by atoms with Gasteiger partial charge in [0.25, 0.3) is 5.91 Å². The number of hydrogen-bond acceptors (Lipinski definition) is 4. The van der Waals surface area contributed by atoms with Crippen molar-refractivity contribution in [1.82, 2.24) is 15.0 Å². The summed E-state index contributed by atoms with van der Waals surface area (Å²) in [5.41, 5.74) is 1.90. The molecule has 2 atom stereocenters. The number of likely N-dealkylation sites (tertiary alicyclic amines) is 1. The number of amides is 1. The van der Waals surface area contributed by atoms with Gasteiger partial charge >= 0.3 is 0 Å². The van der Waals surface area contributed by atoms with Crippen LogP contribution in [0.2, 0.25) is 0 Å². The monoisotopic (exact) mass is 347 g/mol. The van der Waals surface area contributed by atoms with Gasteiger partial charge in [-0.15, -0.1) is 0 Å². The molecule has 5 nitrogen and oxygen atoms in total. The molecule has 0 aromatic carbocycles. The minimum atomic E-state index is 0.0751. The number of piperidine rings is 1. The van der Waals surface area contributed by atoms with Crippen LogP contribution < -0.4 is 0 Å². The molecule has 140 valence electrons. The summed E-state index contributed by atoms with van der Waals surface area (Å²) in [7, 11) is 4.15. The van der Waals surface area contributed by atoms with Crippen LogP contribution in [0.15, 0.2) is 4.52 Å². The van der Waals surface area contributed by atoms with Crippen molar-refractivity contribution in [2.75, 3.05) is 27.2 Å². The highest BCUT2D eigenvalue weighted by molar-refractivity contribution is 5.94. The van der Waals surface area contributed by atoms with Crippen molar-refractivity contribution in [3.63, 3.8) is 0 Å². The second kappa shape index (κ2) is 7.10. The second-order valence-corrected chi connectivity index (χ2v) is 9.15. The van der Waals surface area contributed by atoms with Crippen LogP contribution >= 0.6 is 0 Å². The van der Waals surface area contributed by atoms with Crippen LogP contribution in [0.3, 0.4) is 0 Å². The first kappa shape index (κ1) is 18.4. The fraction of sp³-hybridized carbons (Fsp3) is 0.800. The summed E-state index contributed by atoms with van der Waals surface area (Å²) in [6.45, 7) is 8.61. The summed E-state index contributed by atoms with van der Waals surface area (Å²) >= 11 is 0. The van der Waals surface area contributed by atoms with E-state index in [1.807, 2.05) is 4.90 Å². The molecule has 0 unspecified atom stereocenters. The predicted octanol–water partition coefficient (Wildman–Crippen LogP) is 3.38. The molecule has 1 aromatic heterocycles. The van der Waals surface area contributed by atoms with Gasteiger partial charge in [0.1, 0.15) is 5.76 Å². The summed E-state index contributed by atoms with van der Waals surface area (Å²) in [6.07, 6.45) is 6.29. The van der Waals surface area contributed by atoms with Crippen molar-refractivity contribution in [3.8, 4) is 0 Å². The maximum Gasteiger partial charge on any atom is 0.276 e. The molecule has 0 saturated carbocycles. The summed E-state index contributed by atoms with van der Waals surface area (Å²) in [5.74, 6) is 1.58. The van der Waals surface area contributed by atoms with Gasteiger partial charge in [0.2, 0.25) is 0 Å². The molecule has 1 aromatic rings. The number of rotatable bonds is 3. The van der Waals surface area contributed by atoms with Crippen molar-refractivity contribution >= 4 is 5.91 Å². The molecular weight excluding hydrogens is 314 g/mol. The molecule has 0 bridgehead atoms. The first-order valence-corrected chi connectivity index (χ1v) is 9.70. The Hall–Kier alpha value is -1.36. The Morgan fingerprint density at radius 1 is 1.28 bits per heavy atom. The van der Waals surface area contributed by atoms with E-state index in [-0.39, 0.29) is 17.4 Å². The van der Waals surface area contributed by atoms with Crippen LogP contribution in [0, 0.1) is 11.3 Å². The van der Waals surface area contributed by atoms with Crippen LogP contribution in [-0.2, 0) is 12.8 Å². The van der Waals surface area contributed by atoms with Gasteiger partial charge in [0, 0.05) is 31.1 Å². The molecule has 0 N–H and O–H groups in total. The van der Waals surface area contributed by atoms with Gasteiger partial charge in [-0.25, -0.2) is 0 Å². The Kier molecular flexibility index (Phi) is 5.24. The fourth-order valence-corrected chi connectivity index (χ4v) is 4.33. The highest BCUT2D eigenvalue weighted by Gasteiger charge is 2.37. The number of carbonyl (C=O) groups is 1. The molecule has 25 heavy (non-hydrogen) atoms. The van der Waals surface area contributed by atoms with E-state index in [9.17, 15) is 4.79 Å². The Balaban J connectivity index is 1.82. The Morgan fingerprint density at radius 3 is 2.72 bits per heavy atom. The number of carbonyl (C=O) groups excluding carboxylic acids is 1. The average molecular weight is 348 g/mol. The molecule has 3 rings (SSSR count). The van der Waals surface area contributed by atoms with E-state index in [4.69, 9.17) is 4.52 Å². The molecule has 1 amide bonds. The van der Waals surface area contributed by atoms with E-state index < -0.39 is 0 Å². The lowest BCUT2D eigenvalue weighted by Gasteiger charge is -2.37. The molecule has 1 saturated heterocycles.